The van der Waals surface area contributed by atoms with Crippen molar-refractivity contribution in [1.82, 2.24) is 0 Å². The number of carbonyl (C=O) groups is 1. The van der Waals surface area contributed by atoms with Crippen LogP contribution in [-0.2, 0) is 19.4 Å². The van der Waals surface area contributed by atoms with E-state index in [4.69, 9.17) is 0 Å². The maximum absolute atomic E-state index is 11.1. The third-order valence-electron chi connectivity index (χ3n) is 1.21. The predicted molar refractivity (Wildman–Crippen MR) is 45.2 cm³/mol. The smallest absolute Gasteiger partial charge is 0.215 e. The van der Waals surface area contributed by atoms with Crippen molar-refractivity contribution in [2.75, 3.05) is 12.9 Å². The number of hydrogen-bond acceptors (Lipinski definition) is 4. The van der Waals surface area contributed by atoms with E-state index in [1.807, 2.05) is 0 Å². The van der Waals surface area contributed by atoms with Gasteiger partial charge in [-0.05, 0) is 6.92 Å². The van der Waals surface area contributed by atoms with E-state index in [0.717, 1.165) is 6.08 Å². The minimum absolute atomic E-state index is 0.0695. The van der Waals surface area contributed by atoms with Gasteiger partial charge in [-0.3, -0.25) is 4.79 Å². The van der Waals surface area contributed by atoms with Crippen LogP contribution in [0.25, 0.3) is 0 Å². The molecule has 4 nitrogen and oxygen atoms in total. The fraction of sp³-hybridized carbons (Fsp3) is 0.571. The van der Waals surface area contributed by atoms with Crippen molar-refractivity contribution in [3.63, 3.8) is 0 Å². The molecule has 0 aromatic rings. The number of allylic oxidation sites excluding steroid dienone is 1. The Balaban J connectivity index is 4.94. The summed E-state index contributed by atoms with van der Waals surface area (Å²) in [4.78, 5) is 10.6. The van der Waals surface area contributed by atoms with Crippen molar-refractivity contribution in [2.24, 2.45) is 0 Å². The summed E-state index contributed by atoms with van der Waals surface area (Å²) >= 11 is 0. The second-order valence-corrected chi connectivity index (χ2v) is 4.39. The van der Waals surface area contributed by atoms with Crippen molar-refractivity contribution < 1.29 is 17.9 Å². The van der Waals surface area contributed by atoms with Gasteiger partial charge in [0.15, 0.2) is 5.78 Å². The van der Waals surface area contributed by atoms with E-state index in [-0.39, 0.29) is 16.6 Å². The number of rotatable bonds is 4. The van der Waals surface area contributed by atoms with Crippen LogP contribution in [0.4, 0.5) is 0 Å². The molecular formula is C7H12O4S. The summed E-state index contributed by atoms with van der Waals surface area (Å²) in [6.45, 7) is 2.76. The zero-order valence-electron chi connectivity index (χ0n) is 7.33. The Bertz CT molecular complexity index is 287. The van der Waals surface area contributed by atoms with Gasteiger partial charge in [0, 0.05) is 6.08 Å². The van der Waals surface area contributed by atoms with Gasteiger partial charge in [-0.2, -0.15) is 0 Å². The van der Waals surface area contributed by atoms with Crippen LogP contribution in [0.15, 0.2) is 11.2 Å². The van der Waals surface area contributed by atoms with Gasteiger partial charge in [0.2, 0.25) is 14.9 Å². The van der Waals surface area contributed by atoms with Crippen LogP contribution < -0.4 is 0 Å². The number of ketones is 1. The molecule has 0 aromatic carbocycles. The Morgan fingerprint density at radius 1 is 1.50 bits per heavy atom. The molecule has 0 rings (SSSR count). The minimum Gasteiger partial charge on any atom is -0.486 e. The van der Waals surface area contributed by atoms with Gasteiger partial charge in [-0.25, -0.2) is 8.42 Å². The van der Waals surface area contributed by atoms with Gasteiger partial charge in [-0.1, -0.05) is 6.92 Å². The molecule has 0 aromatic heterocycles. The summed E-state index contributed by atoms with van der Waals surface area (Å²) in [5, 5.41) is -0.266. The first-order valence-corrected chi connectivity index (χ1v) is 5.08. The highest BCUT2D eigenvalue weighted by Crippen LogP contribution is 2.07. The summed E-state index contributed by atoms with van der Waals surface area (Å²) in [6, 6.07) is 0. The van der Waals surface area contributed by atoms with Crippen LogP contribution in [0.2, 0.25) is 0 Å². The van der Waals surface area contributed by atoms with Gasteiger partial charge in [0.05, 0.1) is 12.9 Å². The lowest BCUT2D eigenvalue weighted by molar-refractivity contribution is -0.112. The van der Waals surface area contributed by atoms with Crippen LogP contribution in [0.1, 0.15) is 13.8 Å². The van der Waals surface area contributed by atoms with E-state index < -0.39 is 9.84 Å². The molecule has 0 atom stereocenters. The van der Waals surface area contributed by atoms with E-state index in [9.17, 15) is 13.2 Å². The molecule has 0 saturated heterocycles. The second-order valence-electron chi connectivity index (χ2n) is 2.18. The third kappa shape index (κ3) is 3.04. The molecule has 0 aliphatic carbocycles. The van der Waals surface area contributed by atoms with Crippen LogP contribution in [0.5, 0.6) is 0 Å². The maximum Gasteiger partial charge on any atom is 0.215 e. The SMILES string of the molecule is CCS(=O)(=O)C(=CC(C)=O)OC. The second kappa shape index (κ2) is 4.25. The summed E-state index contributed by atoms with van der Waals surface area (Å²) in [5.74, 6) is -0.413. The number of carbonyl (C=O) groups excluding carboxylic acids is 1. The highest BCUT2D eigenvalue weighted by molar-refractivity contribution is 7.95. The molecule has 0 amide bonds. The topological polar surface area (TPSA) is 60.4 Å². The molecule has 70 valence electrons. The van der Waals surface area contributed by atoms with Crippen molar-refractivity contribution in [3.05, 3.63) is 11.2 Å². The van der Waals surface area contributed by atoms with E-state index in [1.54, 1.807) is 0 Å². The lowest BCUT2D eigenvalue weighted by Crippen LogP contribution is -2.09. The summed E-state index contributed by atoms with van der Waals surface area (Å²) in [5.41, 5.74) is 0. The zero-order valence-corrected chi connectivity index (χ0v) is 8.14. The first kappa shape index (κ1) is 11.2. The molecule has 0 fully saturated rings. The quantitative estimate of drug-likeness (QED) is 0.480. The molecular weight excluding hydrogens is 180 g/mol. The lowest BCUT2D eigenvalue weighted by Gasteiger charge is -2.03. The molecule has 0 spiro atoms. The minimum atomic E-state index is -3.39. The number of methoxy groups -OCH3 is 1. The molecule has 0 N–H and O–H groups in total. The number of hydrogen-bond donors (Lipinski definition) is 0. The Morgan fingerprint density at radius 3 is 2.25 bits per heavy atom. The standard InChI is InChI=1S/C7H12O4S/c1-4-12(9,10)7(11-3)5-6(2)8/h5H,4H2,1-3H3. The molecule has 0 heterocycles. The molecule has 0 saturated carbocycles. The van der Waals surface area contributed by atoms with Crippen molar-refractivity contribution >= 4 is 15.6 Å². The molecule has 0 aliphatic heterocycles. The summed E-state index contributed by atoms with van der Waals surface area (Å²) in [6.07, 6.45) is 0.971. The normalized spacial score (nSPS) is 12.8. The predicted octanol–water partition coefficient (Wildman–Crippen LogP) is 0.498. The first-order chi connectivity index (χ1) is 5.44. The van der Waals surface area contributed by atoms with E-state index in [2.05, 4.69) is 4.74 Å². The van der Waals surface area contributed by atoms with E-state index >= 15 is 0 Å². The first-order valence-electron chi connectivity index (χ1n) is 3.43. The highest BCUT2D eigenvalue weighted by Gasteiger charge is 2.15. The molecule has 0 unspecified atom stereocenters. The fourth-order valence-electron chi connectivity index (χ4n) is 0.584. The summed E-state index contributed by atoms with van der Waals surface area (Å²) in [7, 11) is -2.16. The Morgan fingerprint density at radius 2 is 2.00 bits per heavy atom. The van der Waals surface area contributed by atoms with Gasteiger partial charge >= 0.3 is 0 Å². The molecule has 0 bridgehead atoms. The number of ether oxygens (including phenoxy) is 1. The molecule has 12 heavy (non-hydrogen) atoms. The van der Waals surface area contributed by atoms with Crippen molar-refractivity contribution in [1.29, 1.82) is 0 Å². The van der Waals surface area contributed by atoms with Crippen molar-refractivity contribution in [2.45, 2.75) is 13.8 Å². The van der Waals surface area contributed by atoms with Crippen LogP contribution >= 0.6 is 0 Å². The monoisotopic (exact) mass is 192 g/mol. The largest absolute Gasteiger partial charge is 0.486 e. The third-order valence-corrected chi connectivity index (χ3v) is 2.87. The van der Waals surface area contributed by atoms with E-state index in [1.165, 1.54) is 21.0 Å². The Hall–Kier alpha value is -0.840. The van der Waals surface area contributed by atoms with Gasteiger partial charge in [-0.15, -0.1) is 0 Å². The molecule has 5 heteroatoms. The average molecular weight is 192 g/mol. The van der Waals surface area contributed by atoms with Gasteiger partial charge in [0.25, 0.3) is 0 Å². The molecule has 0 aliphatic rings. The molecule has 0 radical (unpaired) electrons. The highest BCUT2D eigenvalue weighted by atomic mass is 32.2. The maximum atomic E-state index is 11.1. The van der Waals surface area contributed by atoms with Gasteiger partial charge < -0.3 is 4.74 Å². The van der Waals surface area contributed by atoms with Crippen LogP contribution in [0, 0.1) is 0 Å². The Kier molecular flexibility index (Phi) is 3.95. The fourth-order valence-corrected chi connectivity index (χ4v) is 1.47. The average Bonchev–Trinajstić information content (AvgIpc) is 1.99. The van der Waals surface area contributed by atoms with Crippen LogP contribution in [-0.4, -0.2) is 27.1 Å². The lowest BCUT2D eigenvalue weighted by atomic mass is 10.4. The number of sulfone groups is 1. The Labute approximate surface area is 72.1 Å². The summed E-state index contributed by atoms with van der Waals surface area (Å²) < 4.78 is 26.8. The zero-order chi connectivity index (χ0) is 9.78. The van der Waals surface area contributed by atoms with E-state index in [0.29, 0.717) is 0 Å². The van der Waals surface area contributed by atoms with Gasteiger partial charge in [0.1, 0.15) is 0 Å². The van der Waals surface area contributed by atoms with Crippen molar-refractivity contribution in [3.8, 4) is 0 Å². The van der Waals surface area contributed by atoms with Crippen LogP contribution in [0.3, 0.4) is 0 Å².